The molecule has 0 heterocycles. The van der Waals surface area contributed by atoms with Crippen LogP contribution >= 0.6 is 15.9 Å². The van der Waals surface area contributed by atoms with E-state index in [0.717, 1.165) is 22.9 Å². The number of carbonyl (C=O) groups excluding carboxylic acids is 1. The van der Waals surface area contributed by atoms with E-state index < -0.39 is 0 Å². The Morgan fingerprint density at radius 1 is 1.35 bits per heavy atom. The third-order valence-corrected chi connectivity index (χ3v) is 4.12. The highest BCUT2D eigenvalue weighted by Crippen LogP contribution is 2.11. The van der Waals surface area contributed by atoms with Crippen LogP contribution in [0.15, 0.2) is 24.3 Å². The highest BCUT2D eigenvalue weighted by Gasteiger charge is 2.16. The maximum Gasteiger partial charge on any atom is 0.251 e. The van der Waals surface area contributed by atoms with E-state index in [-0.39, 0.29) is 11.9 Å². The zero-order valence-electron chi connectivity index (χ0n) is 10.7. The van der Waals surface area contributed by atoms with Gasteiger partial charge in [0.15, 0.2) is 0 Å². The van der Waals surface area contributed by atoms with Gasteiger partial charge in [0.25, 0.3) is 5.91 Å². The molecule has 1 N–H and O–H groups in total. The van der Waals surface area contributed by atoms with Crippen LogP contribution < -0.4 is 5.32 Å². The predicted octanol–water partition coefficient (Wildman–Crippen LogP) is 3.40. The minimum atomic E-state index is 0.0303. The van der Waals surface area contributed by atoms with Gasteiger partial charge in [0, 0.05) is 16.9 Å². The van der Waals surface area contributed by atoms with E-state index in [2.05, 4.69) is 35.1 Å². The molecule has 1 aromatic carbocycles. The molecule has 2 nitrogen and oxygen atoms in total. The maximum atomic E-state index is 12.1. The summed E-state index contributed by atoms with van der Waals surface area (Å²) in [6, 6.07) is 7.95. The van der Waals surface area contributed by atoms with Crippen LogP contribution in [0.2, 0.25) is 0 Å². The van der Waals surface area contributed by atoms with Crippen LogP contribution in [0.3, 0.4) is 0 Å². The first kappa shape index (κ1) is 14.2. The van der Waals surface area contributed by atoms with Crippen LogP contribution in [0, 0.1) is 5.92 Å². The fourth-order valence-corrected chi connectivity index (χ4v) is 2.17. The highest BCUT2D eigenvalue weighted by molar-refractivity contribution is 9.09. The molecule has 3 heteroatoms. The van der Waals surface area contributed by atoms with Gasteiger partial charge in [-0.15, -0.1) is 0 Å². The standard InChI is InChI=1S/C14H20BrNO/c1-4-12-7-5-6-8-13(12)14(17)16-11(3)10(2)9-15/h5-8,10-11H,4,9H2,1-3H3,(H,16,17). The summed E-state index contributed by atoms with van der Waals surface area (Å²) in [7, 11) is 0. The lowest BCUT2D eigenvalue weighted by Gasteiger charge is -2.20. The van der Waals surface area contributed by atoms with E-state index >= 15 is 0 Å². The summed E-state index contributed by atoms with van der Waals surface area (Å²) < 4.78 is 0. The molecule has 0 saturated heterocycles. The van der Waals surface area contributed by atoms with Gasteiger partial charge in [-0.1, -0.05) is 48.0 Å². The van der Waals surface area contributed by atoms with E-state index in [4.69, 9.17) is 0 Å². The van der Waals surface area contributed by atoms with Crippen molar-refractivity contribution in [3.05, 3.63) is 35.4 Å². The van der Waals surface area contributed by atoms with Crippen LogP contribution in [-0.2, 0) is 6.42 Å². The van der Waals surface area contributed by atoms with E-state index in [0.29, 0.717) is 5.92 Å². The minimum Gasteiger partial charge on any atom is -0.349 e. The van der Waals surface area contributed by atoms with E-state index in [1.165, 1.54) is 0 Å². The largest absolute Gasteiger partial charge is 0.349 e. The first-order valence-corrected chi connectivity index (χ1v) is 7.17. The van der Waals surface area contributed by atoms with Crippen molar-refractivity contribution in [3.8, 4) is 0 Å². The molecule has 0 saturated carbocycles. The summed E-state index contributed by atoms with van der Waals surface area (Å²) in [5.74, 6) is 0.454. The molecule has 0 spiro atoms. The number of carbonyl (C=O) groups is 1. The number of amides is 1. The summed E-state index contributed by atoms with van der Waals surface area (Å²) in [6.07, 6.45) is 0.881. The predicted molar refractivity (Wildman–Crippen MR) is 75.7 cm³/mol. The summed E-state index contributed by atoms with van der Waals surface area (Å²) in [4.78, 5) is 12.1. The molecule has 0 aliphatic heterocycles. The SMILES string of the molecule is CCc1ccccc1C(=O)NC(C)C(C)CBr. The van der Waals surface area contributed by atoms with E-state index in [1.54, 1.807) is 0 Å². The third-order valence-electron chi connectivity index (χ3n) is 3.10. The van der Waals surface area contributed by atoms with Crippen LogP contribution in [0.1, 0.15) is 36.7 Å². The molecule has 0 radical (unpaired) electrons. The number of rotatable bonds is 5. The van der Waals surface area contributed by atoms with E-state index in [9.17, 15) is 4.79 Å². The summed E-state index contributed by atoms with van der Waals surface area (Å²) >= 11 is 3.44. The molecule has 1 aromatic rings. The third kappa shape index (κ3) is 3.84. The van der Waals surface area contributed by atoms with Gasteiger partial charge in [0.05, 0.1) is 0 Å². The number of aryl methyl sites for hydroxylation is 1. The molecule has 2 unspecified atom stereocenters. The van der Waals surface area contributed by atoms with Crippen LogP contribution in [0.5, 0.6) is 0 Å². The van der Waals surface area contributed by atoms with Crippen molar-refractivity contribution in [2.45, 2.75) is 33.2 Å². The number of benzene rings is 1. The van der Waals surface area contributed by atoms with Crippen molar-refractivity contribution in [2.24, 2.45) is 5.92 Å². The number of nitrogens with one attached hydrogen (secondary N) is 1. The van der Waals surface area contributed by atoms with Crippen molar-refractivity contribution in [3.63, 3.8) is 0 Å². The van der Waals surface area contributed by atoms with Gasteiger partial charge in [-0.05, 0) is 30.9 Å². The first-order valence-electron chi connectivity index (χ1n) is 6.04. The normalized spacial score (nSPS) is 14.1. The second kappa shape index (κ2) is 6.80. The highest BCUT2D eigenvalue weighted by atomic mass is 79.9. The number of alkyl halides is 1. The fourth-order valence-electron chi connectivity index (χ4n) is 1.61. The Balaban J connectivity index is 2.76. The molecule has 17 heavy (non-hydrogen) atoms. The molecule has 0 aliphatic rings. The molecule has 94 valence electrons. The Kier molecular flexibility index (Phi) is 5.69. The molecule has 0 aliphatic carbocycles. The Bertz CT molecular complexity index is 378. The Morgan fingerprint density at radius 3 is 2.59 bits per heavy atom. The zero-order chi connectivity index (χ0) is 12.8. The summed E-state index contributed by atoms with van der Waals surface area (Å²) in [5, 5.41) is 3.95. The molecule has 1 rings (SSSR count). The molecular weight excluding hydrogens is 278 g/mol. The van der Waals surface area contributed by atoms with Crippen LogP contribution in [-0.4, -0.2) is 17.3 Å². The Hall–Kier alpha value is -0.830. The monoisotopic (exact) mass is 297 g/mol. The van der Waals surface area contributed by atoms with E-state index in [1.807, 2.05) is 31.2 Å². The molecule has 1 amide bonds. The van der Waals surface area contributed by atoms with Crippen molar-refractivity contribution in [2.75, 3.05) is 5.33 Å². The Morgan fingerprint density at radius 2 is 2.00 bits per heavy atom. The summed E-state index contributed by atoms with van der Waals surface area (Å²) in [6.45, 7) is 6.22. The smallest absolute Gasteiger partial charge is 0.251 e. The average molecular weight is 298 g/mol. The molecule has 2 atom stereocenters. The zero-order valence-corrected chi connectivity index (χ0v) is 12.3. The number of hydrogen-bond donors (Lipinski definition) is 1. The number of halogens is 1. The van der Waals surface area contributed by atoms with Gasteiger partial charge in [0.2, 0.25) is 0 Å². The minimum absolute atomic E-state index is 0.0303. The van der Waals surface area contributed by atoms with Gasteiger partial charge in [-0.2, -0.15) is 0 Å². The van der Waals surface area contributed by atoms with Gasteiger partial charge in [-0.25, -0.2) is 0 Å². The maximum absolute atomic E-state index is 12.1. The fraction of sp³-hybridized carbons (Fsp3) is 0.500. The second-order valence-corrected chi connectivity index (χ2v) is 5.05. The second-order valence-electron chi connectivity index (χ2n) is 4.40. The van der Waals surface area contributed by atoms with Crippen molar-refractivity contribution in [1.29, 1.82) is 0 Å². The van der Waals surface area contributed by atoms with Crippen molar-refractivity contribution >= 4 is 21.8 Å². The van der Waals surface area contributed by atoms with Crippen LogP contribution in [0.4, 0.5) is 0 Å². The lowest BCUT2D eigenvalue weighted by atomic mass is 10.0. The lowest BCUT2D eigenvalue weighted by Crippen LogP contribution is -2.38. The average Bonchev–Trinajstić information content (AvgIpc) is 2.37. The van der Waals surface area contributed by atoms with Crippen molar-refractivity contribution < 1.29 is 4.79 Å². The van der Waals surface area contributed by atoms with Gasteiger partial charge in [0.1, 0.15) is 0 Å². The topological polar surface area (TPSA) is 29.1 Å². The van der Waals surface area contributed by atoms with Crippen LogP contribution in [0.25, 0.3) is 0 Å². The molecule has 0 aromatic heterocycles. The molecule has 0 fully saturated rings. The van der Waals surface area contributed by atoms with Gasteiger partial charge >= 0.3 is 0 Å². The number of hydrogen-bond acceptors (Lipinski definition) is 1. The lowest BCUT2D eigenvalue weighted by molar-refractivity contribution is 0.0930. The summed E-state index contributed by atoms with van der Waals surface area (Å²) in [5.41, 5.74) is 1.90. The first-order chi connectivity index (χ1) is 8.10. The van der Waals surface area contributed by atoms with Crippen molar-refractivity contribution in [1.82, 2.24) is 5.32 Å². The van der Waals surface area contributed by atoms with Gasteiger partial charge in [-0.3, -0.25) is 4.79 Å². The molecular formula is C14H20BrNO. The molecule has 0 bridgehead atoms. The van der Waals surface area contributed by atoms with Gasteiger partial charge < -0.3 is 5.32 Å². The quantitative estimate of drug-likeness (QED) is 0.829. The Labute approximate surface area is 112 Å².